The number of rotatable bonds is 17. The molecule has 3 aliphatic heterocycles. The summed E-state index contributed by atoms with van der Waals surface area (Å²) in [5.41, 5.74) is 1.95. The lowest BCUT2D eigenvalue weighted by Crippen LogP contribution is -2.50. The smallest absolute Gasteiger partial charge is 0.347 e. The number of carbonyl (C=O) groups excluding carboxylic acids is 3. The van der Waals surface area contributed by atoms with Gasteiger partial charge in [0.1, 0.15) is 17.2 Å². The monoisotopic (exact) mass is 990 g/mol. The number of carbonyl (C=O) groups is 3. The van der Waals surface area contributed by atoms with Gasteiger partial charge in [-0.3, -0.25) is 19.3 Å². The number of phenols is 1. The zero-order valence-electron chi connectivity index (χ0n) is 41.5. The summed E-state index contributed by atoms with van der Waals surface area (Å²) in [5.74, 6) is 0.0144. The average molecular weight is 991 g/mol. The number of nitrogens with zero attached hydrogens (tertiary/aromatic N) is 3. The third kappa shape index (κ3) is 11.8. The molecular formula is C59H66N4O10. The molecule has 5 aromatic carbocycles. The highest BCUT2D eigenvalue weighted by Crippen LogP contribution is 2.42. The van der Waals surface area contributed by atoms with Crippen LogP contribution in [0.1, 0.15) is 95.6 Å². The molecule has 0 bridgehead atoms. The Kier molecular flexibility index (Phi) is 15.9. The summed E-state index contributed by atoms with van der Waals surface area (Å²) in [5, 5.41) is 34.1. The Morgan fingerprint density at radius 3 is 2.16 bits per heavy atom. The topological polar surface area (TPSA) is 182 Å². The minimum Gasteiger partial charge on any atom is -0.506 e. The number of benzene rings is 5. The molecule has 2 amide bonds. The van der Waals surface area contributed by atoms with Crippen LogP contribution in [-0.4, -0.2) is 112 Å². The number of aryl methyl sites for hydroxylation is 1. The van der Waals surface area contributed by atoms with Gasteiger partial charge in [0.25, 0.3) is 11.8 Å². The number of nitrogens with one attached hydrogen (secondary N) is 1. The Labute approximate surface area is 426 Å². The number of aliphatic hydroxyl groups is 2. The summed E-state index contributed by atoms with van der Waals surface area (Å²) in [6.07, 6.45) is 6.04. The predicted molar refractivity (Wildman–Crippen MR) is 277 cm³/mol. The van der Waals surface area contributed by atoms with Crippen LogP contribution < -0.4 is 15.0 Å². The number of aliphatic hydroxyl groups excluding tert-OH is 1. The molecule has 3 aliphatic rings. The standard InChI is InChI=1S/C59H66N4O10/c1-71-52-36-41(12-8-17-50(64)47-20-22-51(65)55-48(47)21-23-53(66)60-55)18-19-49(52)56(68)63-34-28-58(29-35-63)26-32-62(33-27-58)54(67)40-72-46-16-9-15-45(37-46)59(70,44-13-6-3-7-14-44)57(69)73-39-43-24-30-61(31-25-43)38-42-10-4-2-5-11-42/h2-7,9-11,13-16,18-23,36-37,43,50,64-65,70H,8,12,17,24-35,38-40H2,1H3,(H,60,66)/t50-,59-/m0/s1. The molecule has 4 heterocycles. The number of piperidine rings is 3. The molecule has 1 spiro atoms. The summed E-state index contributed by atoms with van der Waals surface area (Å²) >= 11 is 0. The van der Waals surface area contributed by atoms with Gasteiger partial charge in [0.15, 0.2) is 6.61 Å². The third-order valence-corrected chi connectivity index (χ3v) is 15.5. The molecule has 3 fully saturated rings. The van der Waals surface area contributed by atoms with Gasteiger partial charge in [-0.15, -0.1) is 0 Å². The maximum Gasteiger partial charge on any atom is 0.347 e. The van der Waals surface area contributed by atoms with E-state index < -0.39 is 17.7 Å². The fourth-order valence-corrected chi connectivity index (χ4v) is 10.9. The fourth-order valence-electron chi connectivity index (χ4n) is 10.9. The van der Waals surface area contributed by atoms with E-state index in [0.29, 0.717) is 90.1 Å². The molecule has 382 valence electrons. The number of amides is 2. The zero-order valence-corrected chi connectivity index (χ0v) is 41.5. The van der Waals surface area contributed by atoms with Crippen LogP contribution in [0, 0.1) is 11.3 Å². The zero-order chi connectivity index (χ0) is 51.0. The largest absolute Gasteiger partial charge is 0.506 e. The van der Waals surface area contributed by atoms with Crippen molar-refractivity contribution in [1.29, 1.82) is 0 Å². The number of likely N-dealkylation sites (tertiary alicyclic amines) is 3. The number of ether oxygens (including phenoxy) is 3. The Hall–Kier alpha value is -7.00. The average Bonchev–Trinajstić information content (AvgIpc) is 3.43. The van der Waals surface area contributed by atoms with Crippen LogP contribution in [0.25, 0.3) is 10.9 Å². The molecular weight excluding hydrogens is 925 g/mol. The number of hydrogen-bond donors (Lipinski definition) is 4. The second kappa shape index (κ2) is 22.8. The van der Waals surface area contributed by atoms with Crippen LogP contribution in [0.4, 0.5) is 0 Å². The first kappa shape index (κ1) is 50.9. The van der Waals surface area contributed by atoms with Crippen molar-refractivity contribution in [2.24, 2.45) is 11.3 Å². The first-order valence-electron chi connectivity index (χ1n) is 25.6. The van der Waals surface area contributed by atoms with Gasteiger partial charge in [-0.1, -0.05) is 84.9 Å². The van der Waals surface area contributed by atoms with Crippen molar-refractivity contribution in [3.8, 4) is 17.2 Å². The second-order valence-electron chi connectivity index (χ2n) is 20.1. The Bertz CT molecular complexity index is 2920. The lowest BCUT2D eigenvalue weighted by molar-refractivity contribution is -0.164. The molecule has 0 unspecified atom stereocenters. The molecule has 6 aromatic rings. The minimum atomic E-state index is -2.09. The van der Waals surface area contributed by atoms with Gasteiger partial charge in [0.05, 0.1) is 30.9 Å². The van der Waals surface area contributed by atoms with Gasteiger partial charge in [0.2, 0.25) is 11.2 Å². The van der Waals surface area contributed by atoms with E-state index in [9.17, 15) is 34.5 Å². The molecule has 2 atom stereocenters. The van der Waals surface area contributed by atoms with Crippen molar-refractivity contribution < 1.29 is 43.9 Å². The minimum absolute atomic E-state index is 0.0289. The van der Waals surface area contributed by atoms with E-state index in [1.165, 1.54) is 17.7 Å². The van der Waals surface area contributed by atoms with Gasteiger partial charge in [0, 0.05) is 49.7 Å². The Morgan fingerprint density at radius 1 is 0.767 bits per heavy atom. The fraction of sp³-hybridized carbons (Fsp3) is 0.390. The van der Waals surface area contributed by atoms with Crippen molar-refractivity contribution in [3.63, 3.8) is 0 Å². The first-order valence-corrected chi connectivity index (χ1v) is 25.6. The SMILES string of the molecule is COc1cc(CCC[C@H](O)c2ccc(O)c3[nH]c(=O)ccc23)ccc1C(=O)N1CCC2(CCN(C(=O)COc3cccc([C@](O)(C(=O)OCC4CCN(Cc5ccccc5)CC4)c4ccccc4)c3)CC2)CC1. The number of fused-ring (bicyclic) bond motifs is 1. The third-order valence-electron chi connectivity index (χ3n) is 15.5. The predicted octanol–water partition coefficient (Wildman–Crippen LogP) is 7.91. The van der Waals surface area contributed by atoms with E-state index in [4.69, 9.17) is 14.2 Å². The molecule has 9 rings (SSSR count). The summed E-state index contributed by atoms with van der Waals surface area (Å²) in [6.45, 7) is 5.08. The van der Waals surface area contributed by atoms with E-state index >= 15 is 0 Å². The van der Waals surface area contributed by atoms with Gasteiger partial charge in [-0.05, 0) is 141 Å². The van der Waals surface area contributed by atoms with E-state index in [-0.39, 0.29) is 47.7 Å². The molecule has 4 N–H and O–H groups in total. The second-order valence-corrected chi connectivity index (χ2v) is 20.1. The van der Waals surface area contributed by atoms with Crippen LogP contribution in [0.5, 0.6) is 17.2 Å². The molecule has 73 heavy (non-hydrogen) atoms. The number of H-pyrrole nitrogens is 1. The van der Waals surface area contributed by atoms with Crippen LogP contribution >= 0.6 is 0 Å². The summed E-state index contributed by atoms with van der Waals surface area (Å²) < 4.78 is 17.7. The lowest BCUT2D eigenvalue weighted by atomic mass is 9.71. The highest BCUT2D eigenvalue weighted by atomic mass is 16.6. The lowest BCUT2D eigenvalue weighted by Gasteiger charge is -2.46. The molecule has 0 aliphatic carbocycles. The Balaban J connectivity index is 0.733. The maximum absolute atomic E-state index is 14.0. The number of hydrogen-bond acceptors (Lipinski definition) is 11. The number of aromatic amines is 1. The normalized spacial score (nSPS) is 17.5. The highest BCUT2D eigenvalue weighted by molar-refractivity contribution is 5.97. The van der Waals surface area contributed by atoms with Crippen molar-refractivity contribution in [1.82, 2.24) is 19.7 Å². The van der Waals surface area contributed by atoms with Crippen molar-refractivity contribution in [3.05, 3.63) is 171 Å². The van der Waals surface area contributed by atoms with Crippen LogP contribution in [0.3, 0.4) is 0 Å². The number of pyridine rings is 1. The highest BCUT2D eigenvalue weighted by Gasteiger charge is 2.43. The summed E-state index contributed by atoms with van der Waals surface area (Å²) in [6, 6.07) is 37.6. The van der Waals surface area contributed by atoms with Crippen molar-refractivity contribution in [2.45, 2.75) is 76.0 Å². The molecule has 14 heteroatoms. The van der Waals surface area contributed by atoms with Crippen molar-refractivity contribution >= 4 is 28.7 Å². The summed E-state index contributed by atoms with van der Waals surface area (Å²) in [7, 11) is 1.56. The molecule has 14 nitrogen and oxygen atoms in total. The van der Waals surface area contributed by atoms with Gasteiger partial charge < -0.3 is 44.3 Å². The van der Waals surface area contributed by atoms with Gasteiger partial charge >= 0.3 is 5.97 Å². The molecule has 0 saturated carbocycles. The first-order chi connectivity index (χ1) is 35.4. The van der Waals surface area contributed by atoms with E-state index in [0.717, 1.165) is 63.7 Å². The molecule has 1 aromatic heterocycles. The van der Waals surface area contributed by atoms with Crippen LogP contribution in [0.2, 0.25) is 0 Å². The Morgan fingerprint density at radius 2 is 1.45 bits per heavy atom. The van der Waals surface area contributed by atoms with E-state index in [2.05, 4.69) is 34.1 Å². The van der Waals surface area contributed by atoms with Gasteiger partial charge in [-0.2, -0.15) is 0 Å². The van der Waals surface area contributed by atoms with Crippen molar-refractivity contribution in [2.75, 3.05) is 59.6 Å². The maximum atomic E-state index is 14.0. The number of methoxy groups -OCH3 is 1. The number of esters is 1. The number of aromatic nitrogens is 1. The quantitative estimate of drug-likeness (QED) is 0.0652. The summed E-state index contributed by atoms with van der Waals surface area (Å²) in [4.78, 5) is 62.0. The number of phenolic OH excluding ortho intramolecular Hbond substituents is 1. The van der Waals surface area contributed by atoms with E-state index in [1.54, 1.807) is 67.8 Å². The van der Waals surface area contributed by atoms with Crippen LogP contribution in [0.15, 0.2) is 132 Å². The van der Waals surface area contributed by atoms with Gasteiger partial charge in [-0.25, -0.2) is 4.79 Å². The molecule has 3 saturated heterocycles. The molecule has 0 radical (unpaired) electrons. The van der Waals surface area contributed by atoms with E-state index in [1.807, 2.05) is 40.1 Å². The van der Waals surface area contributed by atoms with Crippen LogP contribution in [-0.2, 0) is 32.9 Å². The number of aromatic hydroxyl groups is 1.